The molecule has 12 fully saturated rings. The maximum atomic E-state index is 2.78. The van der Waals surface area contributed by atoms with Crippen LogP contribution in [-0.4, -0.2) is 0 Å². The van der Waals surface area contributed by atoms with Crippen molar-refractivity contribution in [1.29, 1.82) is 0 Å². The quantitative estimate of drug-likeness (QED) is 0.264. The van der Waals surface area contributed by atoms with Crippen LogP contribution in [0.1, 0.15) is 190 Å². The van der Waals surface area contributed by atoms with E-state index in [4.69, 9.17) is 0 Å². The number of hydrogen-bond acceptors (Lipinski definition) is 0. The summed E-state index contributed by atoms with van der Waals surface area (Å²) in [5.74, 6) is 25.1. The average molecular weight is 749 g/mol. The van der Waals surface area contributed by atoms with Crippen LogP contribution in [0.2, 0.25) is 0 Å². The van der Waals surface area contributed by atoms with Gasteiger partial charge in [-0.05, 0) is 236 Å². The molecule has 0 nitrogen and oxygen atoms in total. The van der Waals surface area contributed by atoms with Crippen LogP contribution in [0, 0.1) is 152 Å². The first-order chi connectivity index (χ1) is 26.5. The van der Waals surface area contributed by atoms with Gasteiger partial charge in [-0.3, -0.25) is 0 Å². The van der Waals surface area contributed by atoms with E-state index >= 15 is 0 Å². The van der Waals surface area contributed by atoms with Crippen molar-refractivity contribution in [2.75, 3.05) is 0 Å². The van der Waals surface area contributed by atoms with Crippen molar-refractivity contribution in [3.63, 3.8) is 0 Å². The Kier molecular flexibility index (Phi) is 8.55. The minimum atomic E-state index is 0.385. The lowest BCUT2D eigenvalue weighted by Crippen LogP contribution is -2.68. The molecule has 12 saturated carbocycles. The molecule has 0 saturated heterocycles. The summed E-state index contributed by atoms with van der Waals surface area (Å²) in [7, 11) is 0. The summed E-state index contributed by atoms with van der Waals surface area (Å²) in [4.78, 5) is 0. The minimum absolute atomic E-state index is 0.385. The molecule has 0 aliphatic heterocycles. The zero-order valence-corrected chi connectivity index (χ0v) is 37.3. The molecule has 0 radical (unpaired) electrons. The first-order valence-corrected chi connectivity index (χ1v) is 26.5. The lowest BCUT2D eigenvalue weighted by molar-refractivity contribution is -0.254. The molecule has 0 N–H and O–H groups in total. The van der Waals surface area contributed by atoms with Crippen molar-refractivity contribution in [3.05, 3.63) is 0 Å². The minimum Gasteiger partial charge on any atom is -0.0625 e. The van der Waals surface area contributed by atoms with Crippen LogP contribution in [0.25, 0.3) is 0 Å². The first kappa shape index (κ1) is 36.8. The second-order valence-electron chi connectivity index (χ2n) is 27.0. The molecule has 1 spiro atoms. The van der Waals surface area contributed by atoms with E-state index in [1.807, 2.05) is 0 Å². The zero-order chi connectivity index (χ0) is 37.3. The Morgan fingerprint density at radius 1 is 0.400 bits per heavy atom. The van der Waals surface area contributed by atoms with Crippen molar-refractivity contribution in [2.45, 2.75) is 190 Å². The van der Waals surface area contributed by atoms with Crippen LogP contribution in [0.4, 0.5) is 0 Å². The molecule has 0 aromatic carbocycles. The molecule has 0 amide bonds. The maximum Gasteiger partial charge on any atom is -0.0165 e. The van der Waals surface area contributed by atoms with Crippen molar-refractivity contribution < 1.29 is 0 Å². The maximum absolute atomic E-state index is 2.78. The second kappa shape index (κ2) is 12.8. The van der Waals surface area contributed by atoms with Gasteiger partial charge in [0.25, 0.3) is 0 Å². The standard InChI is InChI=1S/C55H88/c1-30(2)33-24-34-25-35-26-36(54(6,7)53(3,4)5)28-45-47-40-20-13-12-19-39(40)41-21-14-22-46(49(41)47)55(51(35)45)50(34)43(27-33)44-29-42-37-17-10-8-15-31(37)23-32-16-9-11-18-38(32)48(42)52(44)55/h30-52H,8-29H2,1-7H3/t31?,32?,33?,34?,35?,36?,37?,38?,39?,40?,41?,42?,43?,44?,45?,46?,47?,48-,49?,50?,51?,52?,55?/m1/s1. The Morgan fingerprint density at radius 2 is 0.982 bits per heavy atom. The molecule has 23 atom stereocenters. The Balaban J connectivity index is 1.08. The Hall–Kier alpha value is 0. The van der Waals surface area contributed by atoms with Crippen LogP contribution in [0.3, 0.4) is 0 Å². The van der Waals surface area contributed by atoms with Gasteiger partial charge in [0.15, 0.2) is 0 Å². The van der Waals surface area contributed by atoms with Crippen molar-refractivity contribution in [1.82, 2.24) is 0 Å². The Labute approximate surface area is 340 Å². The van der Waals surface area contributed by atoms with E-state index in [1.54, 1.807) is 141 Å². The fraction of sp³-hybridized carbons (Fsp3) is 1.00. The molecule has 55 heavy (non-hydrogen) atoms. The van der Waals surface area contributed by atoms with Crippen LogP contribution in [-0.2, 0) is 0 Å². The highest BCUT2D eigenvalue weighted by Crippen LogP contribution is 2.86. The molecule has 0 bridgehead atoms. The van der Waals surface area contributed by atoms with Gasteiger partial charge in [-0.1, -0.05) is 106 Å². The third-order valence-corrected chi connectivity index (χ3v) is 25.1. The molecule has 22 unspecified atom stereocenters. The molecule has 0 aromatic rings. The fourth-order valence-corrected chi connectivity index (χ4v) is 23.2. The molecule has 12 rings (SSSR count). The molecular weight excluding hydrogens is 661 g/mol. The van der Waals surface area contributed by atoms with Crippen molar-refractivity contribution in [2.24, 2.45) is 152 Å². The number of fused-ring (bicyclic) bond motifs is 12. The van der Waals surface area contributed by atoms with E-state index in [9.17, 15) is 0 Å². The summed E-state index contributed by atoms with van der Waals surface area (Å²) in [6.07, 6.45) is 35.9. The SMILES string of the molecule is CC(C)C1CC2CC3CC(C(C)(C)C(C)(C)C)CC4C5C6CCCCC6C6CCCC(C65)C5(C2C(C1)C1CC2C6CCCCC6CC6CCCCC6[C@H]2C15)C34. The average Bonchev–Trinajstić information content (AvgIpc) is 3.78. The Bertz CT molecular complexity index is 1460. The molecule has 12 aliphatic carbocycles. The van der Waals surface area contributed by atoms with Gasteiger partial charge in [-0.25, -0.2) is 0 Å². The van der Waals surface area contributed by atoms with E-state index in [0.717, 1.165) is 142 Å². The van der Waals surface area contributed by atoms with E-state index in [-0.39, 0.29) is 0 Å². The monoisotopic (exact) mass is 749 g/mol. The van der Waals surface area contributed by atoms with Crippen LogP contribution in [0.5, 0.6) is 0 Å². The summed E-state index contributed by atoms with van der Waals surface area (Å²) >= 11 is 0. The summed E-state index contributed by atoms with van der Waals surface area (Å²) in [5.41, 5.74) is 1.54. The summed E-state index contributed by atoms with van der Waals surface area (Å²) in [6.45, 7) is 18.8. The molecule has 0 heteroatoms. The van der Waals surface area contributed by atoms with Crippen LogP contribution < -0.4 is 0 Å². The highest BCUT2D eigenvalue weighted by atomic mass is 14.9. The number of hydrogen-bond donors (Lipinski definition) is 0. The second-order valence-corrected chi connectivity index (χ2v) is 27.0. The predicted octanol–water partition coefficient (Wildman–Crippen LogP) is 15.0. The molecule has 0 aromatic heterocycles. The lowest BCUT2D eigenvalue weighted by atomic mass is 9.32. The molecule has 0 heterocycles. The molecule has 12 aliphatic rings. The van der Waals surface area contributed by atoms with E-state index in [1.165, 1.54) is 0 Å². The summed E-state index contributed by atoms with van der Waals surface area (Å²) in [5, 5.41) is 0. The highest BCUT2D eigenvalue weighted by Gasteiger charge is 2.81. The van der Waals surface area contributed by atoms with Gasteiger partial charge in [0.05, 0.1) is 0 Å². The van der Waals surface area contributed by atoms with E-state index in [0.29, 0.717) is 10.8 Å². The van der Waals surface area contributed by atoms with Gasteiger partial charge < -0.3 is 0 Å². The van der Waals surface area contributed by atoms with Crippen molar-refractivity contribution in [3.8, 4) is 0 Å². The van der Waals surface area contributed by atoms with Crippen molar-refractivity contribution >= 4 is 0 Å². The third kappa shape index (κ3) is 4.82. The lowest BCUT2D eigenvalue weighted by Gasteiger charge is -2.73. The predicted molar refractivity (Wildman–Crippen MR) is 229 cm³/mol. The molecule has 308 valence electrons. The summed E-state index contributed by atoms with van der Waals surface area (Å²) in [6, 6.07) is 0. The largest absolute Gasteiger partial charge is 0.0625 e. The van der Waals surface area contributed by atoms with Gasteiger partial charge in [0.2, 0.25) is 0 Å². The van der Waals surface area contributed by atoms with Gasteiger partial charge in [-0.2, -0.15) is 0 Å². The molecular formula is C55H88. The smallest absolute Gasteiger partial charge is 0.0165 e. The first-order valence-electron chi connectivity index (χ1n) is 26.5. The van der Waals surface area contributed by atoms with Gasteiger partial charge >= 0.3 is 0 Å². The van der Waals surface area contributed by atoms with E-state index in [2.05, 4.69) is 48.5 Å². The highest BCUT2D eigenvalue weighted by molar-refractivity contribution is 5.28. The van der Waals surface area contributed by atoms with Gasteiger partial charge in [-0.15, -0.1) is 0 Å². The topological polar surface area (TPSA) is 0 Å². The zero-order valence-electron chi connectivity index (χ0n) is 37.3. The normalized spacial score (nSPS) is 58.9. The van der Waals surface area contributed by atoms with Gasteiger partial charge in [0.1, 0.15) is 0 Å². The van der Waals surface area contributed by atoms with E-state index < -0.39 is 0 Å². The Morgan fingerprint density at radius 3 is 1.73 bits per heavy atom. The van der Waals surface area contributed by atoms with Gasteiger partial charge in [0, 0.05) is 0 Å². The third-order valence-electron chi connectivity index (χ3n) is 25.1. The van der Waals surface area contributed by atoms with Crippen LogP contribution >= 0.6 is 0 Å². The summed E-state index contributed by atoms with van der Waals surface area (Å²) < 4.78 is 0. The number of rotatable bonds is 2. The fourth-order valence-electron chi connectivity index (χ4n) is 23.2. The van der Waals surface area contributed by atoms with Crippen LogP contribution in [0.15, 0.2) is 0 Å².